The molecule has 1 heterocycles. The van der Waals surface area contributed by atoms with Gasteiger partial charge >= 0.3 is 0 Å². The normalized spacial score (nSPS) is 13.9. The monoisotopic (exact) mass is 578 g/mol. The van der Waals surface area contributed by atoms with Crippen LogP contribution in [-0.4, -0.2) is 24.6 Å². The van der Waals surface area contributed by atoms with Gasteiger partial charge in [-0.15, -0.1) is 0 Å². The van der Waals surface area contributed by atoms with Crippen molar-refractivity contribution in [2.75, 3.05) is 0 Å². The van der Waals surface area contributed by atoms with Gasteiger partial charge in [-0.2, -0.15) is 4.57 Å². The number of nitrogens with one attached hydrogen (secondary N) is 1. The molecule has 5 rings (SSSR count). The Balaban J connectivity index is 1.74. The topological polar surface area (TPSA) is 89.1 Å². The summed E-state index contributed by atoms with van der Waals surface area (Å²) in [6.45, 7) is 4.98. The SMILES string of the molecule is CC(C)CC[n+]1cn(C2=C(NS(=O)(=O)c3ccc(Br)cc3)C(=O)c3ccccc3C2=O)c2ccccc21. The number of carbonyl (C=O) groups excluding carboxylic acids is 2. The lowest BCUT2D eigenvalue weighted by Crippen LogP contribution is -2.36. The predicted octanol–water partition coefficient (Wildman–Crippen LogP) is 4.96. The largest absolute Gasteiger partial charge is 0.287 e. The number of halogens is 1. The van der Waals surface area contributed by atoms with Gasteiger partial charge < -0.3 is 0 Å². The Morgan fingerprint density at radius 3 is 2.19 bits per heavy atom. The van der Waals surface area contributed by atoms with E-state index in [0.717, 1.165) is 11.9 Å². The van der Waals surface area contributed by atoms with Gasteiger partial charge in [-0.05, 0) is 48.7 Å². The molecule has 0 saturated carbocycles. The van der Waals surface area contributed by atoms with Gasteiger partial charge in [-0.3, -0.25) is 14.3 Å². The molecule has 0 saturated heterocycles. The van der Waals surface area contributed by atoms with Crippen LogP contribution in [0.2, 0.25) is 0 Å². The van der Waals surface area contributed by atoms with Gasteiger partial charge in [0.2, 0.25) is 23.6 Å². The van der Waals surface area contributed by atoms with Crippen LogP contribution >= 0.6 is 15.9 Å². The molecule has 3 aromatic carbocycles. The number of nitrogens with zero attached hydrogens (tertiary/aromatic N) is 2. The van der Waals surface area contributed by atoms with Crippen LogP contribution in [0.5, 0.6) is 0 Å². The summed E-state index contributed by atoms with van der Waals surface area (Å²) in [5.74, 6) is -0.523. The number of carbonyl (C=O) groups is 2. The van der Waals surface area contributed by atoms with Gasteiger partial charge in [0.05, 0.1) is 11.4 Å². The second-order valence-corrected chi connectivity index (χ2v) is 11.9. The third-order valence-corrected chi connectivity index (χ3v) is 8.24. The van der Waals surface area contributed by atoms with Gasteiger partial charge in [0, 0.05) is 15.6 Å². The molecule has 1 aliphatic rings. The number of sulfonamides is 1. The Kier molecular flexibility index (Phi) is 6.59. The van der Waals surface area contributed by atoms with Crippen LogP contribution in [0.4, 0.5) is 0 Å². The molecule has 0 radical (unpaired) electrons. The first-order valence-electron chi connectivity index (χ1n) is 11.9. The van der Waals surface area contributed by atoms with E-state index in [1.807, 2.05) is 28.8 Å². The molecule has 0 unspecified atom stereocenters. The average Bonchev–Trinajstić information content (AvgIpc) is 3.24. The van der Waals surface area contributed by atoms with Crippen molar-refractivity contribution in [3.63, 3.8) is 0 Å². The first-order chi connectivity index (χ1) is 17.7. The average molecular weight is 579 g/mol. The fraction of sp³-hybridized carbons (Fsp3) is 0.179. The molecule has 188 valence electrons. The van der Waals surface area contributed by atoms with Gasteiger partial charge in [0.25, 0.3) is 10.0 Å². The molecule has 1 N–H and O–H groups in total. The Morgan fingerprint density at radius 2 is 1.51 bits per heavy atom. The van der Waals surface area contributed by atoms with Crippen molar-refractivity contribution in [3.8, 4) is 0 Å². The van der Waals surface area contributed by atoms with E-state index in [1.165, 1.54) is 18.2 Å². The van der Waals surface area contributed by atoms with Crippen LogP contribution in [0.1, 0.15) is 41.0 Å². The second-order valence-electron chi connectivity index (χ2n) is 9.34. The van der Waals surface area contributed by atoms with Crippen molar-refractivity contribution in [2.24, 2.45) is 5.92 Å². The number of hydrogen-bond donors (Lipinski definition) is 1. The third kappa shape index (κ3) is 4.65. The number of hydrogen-bond acceptors (Lipinski definition) is 4. The molecule has 0 atom stereocenters. The van der Waals surface area contributed by atoms with Crippen molar-refractivity contribution < 1.29 is 22.6 Å². The molecule has 0 fully saturated rings. The van der Waals surface area contributed by atoms with E-state index in [9.17, 15) is 18.0 Å². The van der Waals surface area contributed by atoms with E-state index in [1.54, 1.807) is 41.2 Å². The predicted molar refractivity (Wildman–Crippen MR) is 144 cm³/mol. The minimum atomic E-state index is -4.17. The summed E-state index contributed by atoms with van der Waals surface area (Å²) in [5, 5.41) is 0. The van der Waals surface area contributed by atoms with Crippen LogP contribution in [0.15, 0.2) is 94.2 Å². The van der Waals surface area contributed by atoms with Crippen molar-refractivity contribution in [3.05, 3.63) is 100 Å². The smallest absolute Gasteiger partial charge is 0.262 e. The zero-order chi connectivity index (χ0) is 26.3. The number of benzene rings is 3. The van der Waals surface area contributed by atoms with Gasteiger partial charge in [-0.25, -0.2) is 13.0 Å². The van der Waals surface area contributed by atoms with E-state index >= 15 is 0 Å². The number of allylic oxidation sites excluding steroid dienone is 2. The Morgan fingerprint density at radius 1 is 0.892 bits per heavy atom. The Hall–Kier alpha value is -3.56. The lowest BCUT2D eigenvalue weighted by Gasteiger charge is -2.20. The number of ketones is 2. The molecule has 7 nitrogen and oxygen atoms in total. The maximum atomic E-state index is 13.9. The van der Waals surface area contributed by atoms with Crippen LogP contribution in [0.25, 0.3) is 16.7 Å². The number of para-hydroxylation sites is 2. The first kappa shape index (κ1) is 25.1. The minimum absolute atomic E-state index is 0.0222. The van der Waals surface area contributed by atoms with Crippen molar-refractivity contribution in [1.29, 1.82) is 0 Å². The molecular formula is C28H25BrN3O4S+. The number of fused-ring (bicyclic) bond motifs is 2. The standard InChI is InChI=1S/C28H24BrN3O4S/c1-18(2)15-16-31-17-32(24-10-6-5-9-23(24)31)26-25(27(33)21-7-3-4-8-22(21)28(26)34)30-37(35,36)20-13-11-19(29)12-14-20/h3-14,17-18H,15-16H2,1-2H3/p+1. The van der Waals surface area contributed by atoms with Crippen LogP contribution in [0.3, 0.4) is 0 Å². The fourth-order valence-electron chi connectivity index (χ4n) is 4.42. The summed E-state index contributed by atoms with van der Waals surface area (Å²) in [4.78, 5) is 27.6. The summed E-state index contributed by atoms with van der Waals surface area (Å²) in [6.07, 6.45) is 2.69. The summed E-state index contributed by atoms with van der Waals surface area (Å²) >= 11 is 3.30. The Bertz CT molecular complexity index is 1690. The molecule has 37 heavy (non-hydrogen) atoms. The number of aryl methyl sites for hydroxylation is 1. The van der Waals surface area contributed by atoms with Gasteiger partial charge in [0.15, 0.2) is 11.0 Å². The summed E-state index contributed by atoms with van der Waals surface area (Å²) < 4.78 is 33.6. The summed E-state index contributed by atoms with van der Waals surface area (Å²) in [6, 6.07) is 20.1. The van der Waals surface area contributed by atoms with Crippen LogP contribution < -0.4 is 9.29 Å². The molecule has 4 aromatic rings. The Labute approximate surface area is 223 Å². The quantitative estimate of drug-likeness (QED) is 0.314. The van der Waals surface area contributed by atoms with Gasteiger partial charge in [0.1, 0.15) is 5.70 Å². The molecule has 1 aliphatic carbocycles. The van der Waals surface area contributed by atoms with E-state index in [4.69, 9.17) is 0 Å². The van der Waals surface area contributed by atoms with Crippen LogP contribution in [0, 0.1) is 5.92 Å². The molecule has 0 spiro atoms. The molecule has 9 heteroatoms. The highest BCUT2D eigenvalue weighted by atomic mass is 79.9. The number of rotatable bonds is 7. The zero-order valence-electron chi connectivity index (χ0n) is 20.3. The maximum Gasteiger partial charge on any atom is 0.262 e. The second kappa shape index (κ2) is 9.72. The first-order valence-corrected chi connectivity index (χ1v) is 14.2. The highest BCUT2D eigenvalue weighted by Gasteiger charge is 2.39. The lowest BCUT2D eigenvalue weighted by atomic mass is 9.90. The zero-order valence-corrected chi connectivity index (χ0v) is 22.7. The fourth-order valence-corrected chi connectivity index (χ4v) is 5.76. The highest BCUT2D eigenvalue weighted by molar-refractivity contribution is 9.10. The minimum Gasteiger partial charge on any atom is -0.287 e. The van der Waals surface area contributed by atoms with E-state index in [-0.39, 0.29) is 27.4 Å². The lowest BCUT2D eigenvalue weighted by molar-refractivity contribution is -0.672. The van der Waals surface area contributed by atoms with Gasteiger partial charge in [-0.1, -0.05) is 66.2 Å². The highest BCUT2D eigenvalue weighted by Crippen LogP contribution is 2.31. The molecular weight excluding hydrogens is 554 g/mol. The molecule has 1 aromatic heterocycles. The van der Waals surface area contributed by atoms with Crippen molar-refractivity contribution in [1.82, 2.24) is 9.29 Å². The summed E-state index contributed by atoms with van der Waals surface area (Å²) in [7, 11) is -4.17. The molecule has 0 amide bonds. The van der Waals surface area contributed by atoms with E-state index in [0.29, 0.717) is 22.5 Å². The number of Topliss-reactive ketones (excluding diaryl/α,β-unsaturated/α-hetero) is 2. The molecule has 0 bridgehead atoms. The van der Waals surface area contributed by atoms with Crippen molar-refractivity contribution in [2.45, 2.75) is 31.7 Å². The number of aromatic nitrogens is 2. The number of imidazole rings is 1. The third-order valence-electron chi connectivity index (χ3n) is 6.35. The van der Waals surface area contributed by atoms with Crippen molar-refractivity contribution >= 4 is 54.3 Å². The summed E-state index contributed by atoms with van der Waals surface area (Å²) in [5.41, 5.74) is 1.67. The van der Waals surface area contributed by atoms with E-state index < -0.39 is 21.6 Å². The maximum absolute atomic E-state index is 13.9. The van der Waals surface area contributed by atoms with E-state index in [2.05, 4.69) is 34.5 Å². The molecule has 0 aliphatic heterocycles. The van der Waals surface area contributed by atoms with Crippen LogP contribution in [-0.2, 0) is 16.6 Å².